The van der Waals surface area contributed by atoms with E-state index < -0.39 is 44.9 Å². The molecule has 0 aliphatic carbocycles. The van der Waals surface area contributed by atoms with Crippen LogP contribution in [0, 0.1) is 0 Å². The van der Waals surface area contributed by atoms with Gasteiger partial charge in [-0.25, -0.2) is 13.4 Å². The molecular weight excluding hydrogens is 623 g/mol. The summed E-state index contributed by atoms with van der Waals surface area (Å²) < 4.78 is 120. The van der Waals surface area contributed by atoms with Crippen LogP contribution in [0.4, 0.5) is 26.3 Å². The summed E-state index contributed by atoms with van der Waals surface area (Å²) in [6, 6.07) is 8.72. The zero-order valence-corrected chi connectivity index (χ0v) is 23.5. The first-order chi connectivity index (χ1) is 18.3. The summed E-state index contributed by atoms with van der Waals surface area (Å²) in [4.78, 5) is 3.06. The normalized spacial score (nSPS) is 14.4. The standard InChI is InChI=1S/C25H23F6N3O4S.2ClH/c26-24(27,28)16-12-17(25(29,30)31)14-18(13-16)39(35,36)34-9-3-10-38-23-21(15-34)19(6-8-33-23)20-4-1-2-5-22(20)37-11-7-32;;/h1-2,4-6,8,12-14H,3,7,9-11,15,32H2;2*1H. The van der Waals surface area contributed by atoms with E-state index in [1.54, 1.807) is 30.3 Å². The number of para-hydroxylation sites is 1. The van der Waals surface area contributed by atoms with Gasteiger partial charge in [0.25, 0.3) is 0 Å². The van der Waals surface area contributed by atoms with Gasteiger partial charge in [0, 0.05) is 37.0 Å². The molecule has 3 aromatic rings. The number of fused-ring (bicyclic) bond motifs is 1. The first kappa shape index (κ1) is 34.4. The van der Waals surface area contributed by atoms with Crippen molar-refractivity contribution in [1.29, 1.82) is 0 Å². The largest absolute Gasteiger partial charge is 0.492 e. The van der Waals surface area contributed by atoms with Crippen molar-refractivity contribution in [3.05, 3.63) is 71.4 Å². The van der Waals surface area contributed by atoms with Gasteiger partial charge in [-0.3, -0.25) is 0 Å². The molecule has 0 amide bonds. The third-order valence-electron chi connectivity index (χ3n) is 5.89. The van der Waals surface area contributed by atoms with Crippen molar-refractivity contribution in [2.24, 2.45) is 5.73 Å². The molecular formula is C25H25Cl2F6N3O4S. The number of rotatable bonds is 6. The number of hydrogen-bond donors (Lipinski definition) is 1. The molecule has 1 aromatic heterocycles. The van der Waals surface area contributed by atoms with Crippen molar-refractivity contribution >= 4 is 34.8 Å². The average Bonchev–Trinajstić information content (AvgIpc) is 2.86. The molecule has 7 nitrogen and oxygen atoms in total. The Morgan fingerprint density at radius 1 is 0.951 bits per heavy atom. The van der Waals surface area contributed by atoms with Crippen LogP contribution < -0.4 is 15.2 Å². The fraction of sp³-hybridized carbons (Fsp3) is 0.320. The molecule has 0 saturated heterocycles. The topological polar surface area (TPSA) is 94.8 Å². The Kier molecular flexibility index (Phi) is 11.3. The fourth-order valence-electron chi connectivity index (χ4n) is 4.08. The van der Waals surface area contributed by atoms with E-state index >= 15 is 0 Å². The zero-order chi connectivity index (χ0) is 28.4. The van der Waals surface area contributed by atoms with Crippen LogP contribution >= 0.6 is 24.8 Å². The number of ether oxygens (including phenoxy) is 2. The SMILES string of the molecule is Cl.Cl.NCCOc1ccccc1-c1ccnc2c1CN(S(=O)(=O)c1cc(C(F)(F)F)cc(C(F)(F)F)c1)CCCO2. The highest BCUT2D eigenvalue weighted by Crippen LogP contribution is 2.40. The number of alkyl halides is 6. The van der Waals surface area contributed by atoms with Gasteiger partial charge in [-0.1, -0.05) is 18.2 Å². The first-order valence-electron chi connectivity index (χ1n) is 11.6. The average molecular weight is 648 g/mol. The highest BCUT2D eigenvalue weighted by Gasteiger charge is 2.39. The minimum absolute atomic E-state index is 0. The number of hydrogen-bond acceptors (Lipinski definition) is 6. The van der Waals surface area contributed by atoms with Crippen LogP contribution in [-0.4, -0.2) is 44.0 Å². The summed E-state index contributed by atoms with van der Waals surface area (Å²) in [6.45, 7) is -0.215. The number of pyridine rings is 1. The van der Waals surface area contributed by atoms with Gasteiger partial charge in [0.1, 0.15) is 12.4 Å². The van der Waals surface area contributed by atoms with Gasteiger partial charge < -0.3 is 15.2 Å². The predicted octanol–water partition coefficient (Wildman–Crippen LogP) is 5.94. The Hall–Kier alpha value is -2.78. The van der Waals surface area contributed by atoms with Crippen LogP contribution in [0.2, 0.25) is 0 Å². The van der Waals surface area contributed by atoms with Crippen molar-refractivity contribution < 1.29 is 44.2 Å². The summed E-state index contributed by atoms with van der Waals surface area (Å²) in [5, 5.41) is 0. The maximum absolute atomic E-state index is 13.6. The third kappa shape index (κ3) is 7.74. The van der Waals surface area contributed by atoms with Gasteiger partial charge in [0.2, 0.25) is 15.9 Å². The van der Waals surface area contributed by atoms with Crippen molar-refractivity contribution in [2.75, 3.05) is 26.3 Å². The summed E-state index contributed by atoms with van der Waals surface area (Å²) in [5.74, 6) is 0.515. The van der Waals surface area contributed by atoms with Crippen LogP contribution in [0.5, 0.6) is 11.6 Å². The van der Waals surface area contributed by atoms with Crippen LogP contribution in [-0.2, 0) is 28.9 Å². The maximum atomic E-state index is 13.6. The van der Waals surface area contributed by atoms with Gasteiger partial charge in [0.05, 0.1) is 22.6 Å². The van der Waals surface area contributed by atoms with Gasteiger partial charge >= 0.3 is 12.4 Å². The highest BCUT2D eigenvalue weighted by molar-refractivity contribution is 7.89. The molecule has 2 aromatic carbocycles. The molecule has 1 aliphatic rings. The van der Waals surface area contributed by atoms with E-state index in [9.17, 15) is 34.8 Å². The molecule has 41 heavy (non-hydrogen) atoms. The van der Waals surface area contributed by atoms with E-state index in [0.717, 1.165) is 4.31 Å². The van der Waals surface area contributed by atoms with E-state index in [-0.39, 0.29) is 87.2 Å². The Labute approximate surface area is 244 Å². The quantitative estimate of drug-likeness (QED) is 0.333. The lowest BCUT2D eigenvalue weighted by Crippen LogP contribution is -2.34. The van der Waals surface area contributed by atoms with Crippen molar-refractivity contribution in [3.8, 4) is 22.8 Å². The Morgan fingerprint density at radius 3 is 2.20 bits per heavy atom. The van der Waals surface area contributed by atoms with E-state index in [1.807, 2.05) is 0 Å². The summed E-state index contributed by atoms with van der Waals surface area (Å²) >= 11 is 0. The second-order valence-electron chi connectivity index (χ2n) is 8.56. The van der Waals surface area contributed by atoms with Crippen molar-refractivity contribution in [2.45, 2.75) is 30.2 Å². The number of nitrogens with zero attached hydrogens (tertiary/aromatic N) is 2. The predicted molar refractivity (Wildman–Crippen MR) is 143 cm³/mol. The van der Waals surface area contributed by atoms with Gasteiger partial charge in [-0.15, -0.1) is 24.8 Å². The molecule has 0 bridgehead atoms. The van der Waals surface area contributed by atoms with E-state index in [1.165, 1.54) is 6.20 Å². The van der Waals surface area contributed by atoms with Crippen molar-refractivity contribution in [1.82, 2.24) is 9.29 Å². The van der Waals surface area contributed by atoms with Crippen molar-refractivity contribution in [3.63, 3.8) is 0 Å². The van der Waals surface area contributed by atoms with Crippen LogP contribution in [0.3, 0.4) is 0 Å². The minimum Gasteiger partial charge on any atom is -0.492 e. The summed E-state index contributed by atoms with van der Waals surface area (Å²) in [5.41, 5.74) is 3.38. The van der Waals surface area contributed by atoms with Crippen LogP contribution in [0.15, 0.2) is 59.6 Å². The lowest BCUT2D eigenvalue weighted by molar-refractivity contribution is -0.143. The number of benzene rings is 2. The summed E-state index contributed by atoms with van der Waals surface area (Å²) in [6.07, 6.45) is -8.85. The number of nitrogens with two attached hydrogens (primary N) is 1. The van der Waals surface area contributed by atoms with Crippen LogP contribution in [0.1, 0.15) is 23.1 Å². The lowest BCUT2D eigenvalue weighted by atomic mass is 10.00. The Bertz CT molecular complexity index is 1420. The molecule has 0 radical (unpaired) electrons. The summed E-state index contributed by atoms with van der Waals surface area (Å²) in [7, 11) is -4.83. The molecule has 2 N–H and O–H groups in total. The van der Waals surface area contributed by atoms with Gasteiger partial charge in [-0.05, 0) is 42.3 Å². The third-order valence-corrected chi connectivity index (χ3v) is 7.72. The van der Waals surface area contributed by atoms with E-state index in [0.29, 0.717) is 16.9 Å². The molecule has 0 spiro atoms. The molecule has 226 valence electrons. The molecule has 0 fully saturated rings. The Balaban J connectivity index is 0.00000294. The molecule has 0 atom stereocenters. The first-order valence-corrected chi connectivity index (χ1v) is 13.1. The number of halogens is 8. The molecule has 2 heterocycles. The second kappa shape index (κ2) is 13.5. The molecule has 4 rings (SSSR count). The number of aromatic nitrogens is 1. The Morgan fingerprint density at radius 2 is 1.59 bits per heavy atom. The second-order valence-corrected chi connectivity index (χ2v) is 10.5. The molecule has 1 aliphatic heterocycles. The monoisotopic (exact) mass is 647 g/mol. The molecule has 0 saturated carbocycles. The smallest absolute Gasteiger partial charge is 0.416 e. The highest BCUT2D eigenvalue weighted by atomic mass is 35.5. The number of sulfonamides is 1. The molecule has 16 heteroatoms. The fourth-order valence-corrected chi connectivity index (χ4v) is 5.60. The van der Waals surface area contributed by atoms with Crippen LogP contribution in [0.25, 0.3) is 11.1 Å². The van der Waals surface area contributed by atoms with E-state index in [2.05, 4.69) is 4.98 Å². The lowest BCUT2D eigenvalue weighted by Gasteiger charge is -2.27. The van der Waals surface area contributed by atoms with E-state index in [4.69, 9.17) is 15.2 Å². The zero-order valence-electron chi connectivity index (χ0n) is 21.0. The minimum atomic E-state index is -5.20. The van der Waals surface area contributed by atoms with Gasteiger partial charge in [-0.2, -0.15) is 30.6 Å². The maximum Gasteiger partial charge on any atom is 0.416 e. The molecule has 0 unspecified atom stereocenters. The van der Waals surface area contributed by atoms with Gasteiger partial charge in [0.15, 0.2) is 0 Å².